The van der Waals surface area contributed by atoms with E-state index >= 15 is 0 Å². The topological polar surface area (TPSA) is 81.4 Å². The molecule has 0 aliphatic heterocycles. The van der Waals surface area contributed by atoms with Crippen molar-refractivity contribution in [3.05, 3.63) is 51.9 Å². The summed E-state index contributed by atoms with van der Waals surface area (Å²) < 4.78 is 5.55. The Kier molecular flexibility index (Phi) is 6.52. The van der Waals surface area contributed by atoms with E-state index in [0.717, 1.165) is 47.4 Å². The smallest absolute Gasteiger partial charge is 0.251 e. The van der Waals surface area contributed by atoms with Gasteiger partial charge in [-0.1, -0.05) is 26.0 Å². The van der Waals surface area contributed by atoms with E-state index < -0.39 is 5.91 Å². The molecule has 0 radical (unpaired) electrons. The van der Waals surface area contributed by atoms with Crippen LogP contribution < -0.4 is 15.8 Å². The highest BCUT2D eigenvalue weighted by molar-refractivity contribution is 7.17. The fourth-order valence-electron chi connectivity index (χ4n) is 3.32. The van der Waals surface area contributed by atoms with Crippen molar-refractivity contribution in [2.75, 3.05) is 11.9 Å². The largest absolute Gasteiger partial charge is 0.494 e. The summed E-state index contributed by atoms with van der Waals surface area (Å²) in [4.78, 5) is 25.5. The normalized spacial score (nSPS) is 16.0. The molecule has 1 atom stereocenters. The number of carbonyl (C=O) groups excluding carboxylic acids is 2. The molecular weight excluding hydrogens is 372 g/mol. The molecule has 1 aromatic heterocycles. The van der Waals surface area contributed by atoms with Crippen molar-refractivity contribution in [1.82, 2.24) is 0 Å². The van der Waals surface area contributed by atoms with Crippen LogP contribution >= 0.6 is 11.3 Å². The lowest BCUT2D eigenvalue weighted by Crippen LogP contribution is -2.18. The van der Waals surface area contributed by atoms with E-state index in [-0.39, 0.29) is 5.91 Å². The first kappa shape index (κ1) is 20.1. The number of ether oxygens (including phenoxy) is 1. The standard InChI is InChI=1S/C22H26N2O3S/c1-3-12-27-16-8-5-15(6-9-16)7-11-19(25)24-22-20(21(23)26)17-10-4-14(2)13-18(17)28-22/h5-9,11,14H,3-4,10,12-13H2,1-2H3,(H2,23,26)(H,24,25). The Morgan fingerprint density at radius 1 is 1.32 bits per heavy atom. The first-order chi connectivity index (χ1) is 13.5. The molecule has 0 saturated carbocycles. The lowest BCUT2D eigenvalue weighted by molar-refractivity contribution is -0.111. The summed E-state index contributed by atoms with van der Waals surface area (Å²) in [7, 11) is 0. The van der Waals surface area contributed by atoms with Crippen molar-refractivity contribution < 1.29 is 14.3 Å². The van der Waals surface area contributed by atoms with Crippen LogP contribution in [-0.2, 0) is 17.6 Å². The van der Waals surface area contributed by atoms with E-state index in [4.69, 9.17) is 10.5 Å². The second kappa shape index (κ2) is 9.06. The molecule has 1 aromatic carbocycles. The van der Waals surface area contributed by atoms with Gasteiger partial charge in [-0.05, 0) is 60.9 Å². The molecule has 0 saturated heterocycles. The van der Waals surface area contributed by atoms with Crippen LogP contribution in [0.25, 0.3) is 6.08 Å². The van der Waals surface area contributed by atoms with Gasteiger partial charge in [-0.2, -0.15) is 0 Å². The van der Waals surface area contributed by atoms with Gasteiger partial charge in [-0.3, -0.25) is 9.59 Å². The number of carbonyl (C=O) groups is 2. The molecule has 2 amide bonds. The molecule has 2 aromatic rings. The molecule has 1 aliphatic carbocycles. The van der Waals surface area contributed by atoms with Crippen molar-refractivity contribution in [2.45, 2.75) is 39.5 Å². The molecule has 148 valence electrons. The van der Waals surface area contributed by atoms with Crippen molar-refractivity contribution in [3.8, 4) is 5.75 Å². The Balaban J connectivity index is 1.69. The van der Waals surface area contributed by atoms with Gasteiger partial charge < -0.3 is 15.8 Å². The van der Waals surface area contributed by atoms with E-state index in [1.165, 1.54) is 17.4 Å². The third-order valence-corrected chi connectivity index (χ3v) is 5.94. The molecule has 3 N–H and O–H groups in total. The van der Waals surface area contributed by atoms with E-state index in [9.17, 15) is 9.59 Å². The summed E-state index contributed by atoms with van der Waals surface area (Å²) in [5.74, 6) is 0.641. The minimum Gasteiger partial charge on any atom is -0.494 e. The van der Waals surface area contributed by atoms with Crippen molar-refractivity contribution in [3.63, 3.8) is 0 Å². The number of hydrogen-bond acceptors (Lipinski definition) is 4. The van der Waals surface area contributed by atoms with Crippen LogP contribution in [0.2, 0.25) is 0 Å². The number of nitrogens with two attached hydrogens (primary N) is 1. The van der Waals surface area contributed by atoms with Gasteiger partial charge in [0.15, 0.2) is 0 Å². The quantitative estimate of drug-likeness (QED) is 0.678. The van der Waals surface area contributed by atoms with Crippen LogP contribution in [0.3, 0.4) is 0 Å². The number of thiophene rings is 1. The van der Waals surface area contributed by atoms with Crippen LogP contribution in [0.15, 0.2) is 30.3 Å². The second-order valence-electron chi connectivity index (χ2n) is 7.16. The minimum absolute atomic E-state index is 0.277. The average molecular weight is 399 g/mol. The van der Waals surface area contributed by atoms with E-state index in [0.29, 0.717) is 23.1 Å². The summed E-state index contributed by atoms with van der Waals surface area (Å²) in [5, 5.41) is 3.40. The van der Waals surface area contributed by atoms with E-state index in [1.807, 2.05) is 24.3 Å². The van der Waals surface area contributed by atoms with Gasteiger partial charge in [-0.25, -0.2) is 0 Å². The summed E-state index contributed by atoms with van der Waals surface area (Å²) in [6.07, 6.45) is 6.96. The van der Waals surface area contributed by atoms with Gasteiger partial charge in [0.25, 0.3) is 5.91 Å². The Bertz CT molecular complexity index is 884. The Morgan fingerprint density at radius 3 is 2.75 bits per heavy atom. The predicted octanol–water partition coefficient (Wildman–Crippen LogP) is 4.41. The predicted molar refractivity (Wildman–Crippen MR) is 114 cm³/mol. The van der Waals surface area contributed by atoms with Gasteiger partial charge in [0.2, 0.25) is 5.91 Å². The maximum Gasteiger partial charge on any atom is 0.251 e. The summed E-state index contributed by atoms with van der Waals surface area (Å²) in [5.41, 5.74) is 7.98. The molecule has 1 aliphatic rings. The van der Waals surface area contributed by atoms with Crippen molar-refractivity contribution >= 4 is 34.2 Å². The van der Waals surface area contributed by atoms with Crippen LogP contribution in [0.4, 0.5) is 5.00 Å². The van der Waals surface area contributed by atoms with Crippen LogP contribution in [0, 0.1) is 5.92 Å². The molecule has 6 heteroatoms. The molecule has 0 spiro atoms. The fourth-order valence-corrected chi connectivity index (χ4v) is 4.74. The number of amides is 2. The van der Waals surface area contributed by atoms with Gasteiger partial charge >= 0.3 is 0 Å². The number of primary amides is 1. The van der Waals surface area contributed by atoms with Gasteiger partial charge in [0.05, 0.1) is 12.2 Å². The molecule has 28 heavy (non-hydrogen) atoms. The van der Waals surface area contributed by atoms with Gasteiger partial charge in [0.1, 0.15) is 10.8 Å². The molecular formula is C22H26N2O3S. The third kappa shape index (κ3) is 4.81. The summed E-state index contributed by atoms with van der Waals surface area (Å²) >= 11 is 1.47. The van der Waals surface area contributed by atoms with Crippen molar-refractivity contribution in [1.29, 1.82) is 0 Å². The molecule has 0 fully saturated rings. The van der Waals surface area contributed by atoms with Crippen molar-refractivity contribution in [2.24, 2.45) is 11.7 Å². The zero-order valence-electron chi connectivity index (χ0n) is 16.3. The molecule has 1 unspecified atom stereocenters. The number of rotatable bonds is 7. The highest BCUT2D eigenvalue weighted by Crippen LogP contribution is 2.39. The average Bonchev–Trinajstić information content (AvgIpc) is 3.02. The zero-order valence-corrected chi connectivity index (χ0v) is 17.1. The van der Waals surface area contributed by atoms with Gasteiger partial charge in [0, 0.05) is 11.0 Å². The highest BCUT2D eigenvalue weighted by Gasteiger charge is 2.26. The van der Waals surface area contributed by atoms with Crippen LogP contribution in [0.1, 0.15) is 53.1 Å². The molecule has 1 heterocycles. The zero-order chi connectivity index (χ0) is 20.1. The molecule has 5 nitrogen and oxygen atoms in total. The number of nitrogens with one attached hydrogen (secondary N) is 1. The number of benzene rings is 1. The van der Waals surface area contributed by atoms with E-state index in [1.54, 1.807) is 6.08 Å². The lowest BCUT2D eigenvalue weighted by atomic mass is 9.88. The Hall–Kier alpha value is -2.60. The van der Waals surface area contributed by atoms with Crippen LogP contribution in [0.5, 0.6) is 5.75 Å². The monoisotopic (exact) mass is 398 g/mol. The summed E-state index contributed by atoms with van der Waals surface area (Å²) in [6, 6.07) is 7.56. The maximum atomic E-state index is 12.4. The fraction of sp³-hybridized carbons (Fsp3) is 0.364. The second-order valence-corrected chi connectivity index (χ2v) is 8.27. The summed E-state index contributed by atoms with van der Waals surface area (Å²) in [6.45, 7) is 4.94. The number of fused-ring (bicyclic) bond motifs is 1. The van der Waals surface area contributed by atoms with E-state index in [2.05, 4.69) is 19.2 Å². The Labute approximate surface area is 169 Å². The minimum atomic E-state index is -0.478. The molecule has 0 bridgehead atoms. The molecule has 3 rings (SSSR count). The SMILES string of the molecule is CCCOc1ccc(C=CC(=O)Nc2sc3c(c2C(N)=O)CCC(C)C3)cc1. The van der Waals surface area contributed by atoms with Crippen LogP contribution in [-0.4, -0.2) is 18.4 Å². The number of anilines is 1. The van der Waals surface area contributed by atoms with Gasteiger partial charge in [-0.15, -0.1) is 11.3 Å². The Morgan fingerprint density at radius 2 is 2.07 bits per heavy atom. The highest BCUT2D eigenvalue weighted by atomic mass is 32.1. The lowest BCUT2D eigenvalue weighted by Gasteiger charge is -2.18. The number of hydrogen-bond donors (Lipinski definition) is 2. The maximum absolute atomic E-state index is 12.4. The first-order valence-electron chi connectivity index (χ1n) is 9.64. The third-order valence-electron chi connectivity index (χ3n) is 4.77. The first-order valence-corrected chi connectivity index (χ1v) is 10.5.